The van der Waals surface area contributed by atoms with Gasteiger partial charge in [-0.25, -0.2) is 0 Å². The lowest BCUT2D eigenvalue weighted by Crippen LogP contribution is -2.35. The highest BCUT2D eigenvalue weighted by atomic mass is 28.4. The maximum Gasteiger partial charge on any atom is 0.334 e. The van der Waals surface area contributed by atoms with Crippen LogP contribution in [0.1, 0.15) is 13.3 Å². The van der Waals surface area contributed by atoms with Crippen molar-refractivity contribution >= 4 is 8.56 Å². The molecule has 0 saturated heterocycles. The smallest absolute Gasteiger partial charge is 0.334 e. The molecule has 11 heavy (non-hydrogen) atoms. The SMILES string of the molecule is CCC[Si](C)(OC)OC.CN. The molecule has 0 fully saturated rings. The van der Waals surface area contributed by atoms with E-state index in [4.69, 9.17) is 8.85 Å². The fourth-order valence-electron chi connectivity index (χ4n) is 0.742. The van der Waals surface area contributed by atoms with Crippen LogP contribution in [0.25, 0.3) is 0 Å². The second kappa shape index (κ2) is 8.20. The molecular formula is C7H21NO2Si. The topological polar surface area (TPSA) is 44.5 Å². The average Bonchev–Trinajstić information content (AvgIpc) is 2.08. The van der Waals surface area contributed by atoms with Crippen molar-refractivity contribution in [1.82, 2.24) is 0 Å². The molecule has 70 valence electrons. The molecule has 0 amide bonds. The van der Waals surface area contributed by atoms with Crippen LogP contribution in [0.3, 0.4) is 0 Å². The molecule has 0 radical (unpaired) electrons. The van der Waals surface area contributed by atoms with Gasteiger partial charge in [-0.3, -0.25) is 0 Å². The van der Waals surface area contributed by atoms with Gasteiger partial charge in [0.25, 0.3) is 0 Å². The summed E-state index contributed by atoms with van der Waals surface area (Å²) in [6, 6.07) is 1.08. The molecule has 4 heteroatoms. The molecule has 3 nitrogen and oxygen atoms in total. The van der Waals surface area contributed by atoms with Gasteiger partial charge in [-0.2, -0.15) is 0 Å². The van der Waals surface area contributed by atoms with E-state index in [0.29, 0.717) is 0 Å². The molecule has 0 spiro atoms. The monoisotopic (exact) mass is 179 g/mol. The number of hydrogen-bond acceptors (Lipinski definition) is 3. The predicted molar refractivity (Wildman–Crippen MR) is 50.8 cm³/mol. The van der Waals surface area contributed by atoms with Gasteiger partial charge in [0, 0.05) is 14.2 Å². The first-order valence-corrected chi connectivity index (χ1v) is 6.39. The van der Waals surface area contributed by atoms with Crippen LogP contribution in [0, 0.1) is 0 Å². The van der Waals surface area contributed by atoms with E-state index in [1.54, 1.807) is 14.2 Å². The van der Waals surface area contributed by atoms with E-state index in [1.165, 1.54) is 7.05 Å². The van der Waals surface area contributed by atoms with E-state index >= 15 is 0 Å². The number of nitrogens with two attached hydrogens (primary N) is 1. The number of hydrogen-bond donors (Lipinski definition) is 1. The van der Waals surface area contributed by atoms with E-state index < -0.39 is 8.56 Å². The second-order valence-corrected chi connectivity index (χ2v) is 5.88. The molecule has 0 aliphatic rings. The minimum Gasteiger partial charge on any atom is -0.398 e. The highest BCUT2D eigenvalue weighted by molar-refractivity contribution is 6.65. The van der Waals surface area contributed by atoms with Crippen LogP contribution < -0.4 is 5.73 Å². The minimum absolute atomic E-state index is 1.08. The summed E-state index contributed by atoms with van der Waals surface area (Å²) < 4.78 is 10.5. The summed E-state index contributed by atoms with van der Waals surface area (Å²) in [5.74, 6) is 0. The second-order valence-electron chi connectivity index (χ2n) is 2.29. The summed E-state index contributed by atoms with van der Waals surface area (Å²) in [5.41, 5.74) is 4.50. The maximum absolute atomic E-state index is 5.24. The van der Waals surface area contributed by atoms with Gasteiger partial charge in [-0.1, -0.05) is 13.3 Å². The van der Waals surface area contributed by atoms with Crippen LogP contribution in [-0.2, 0) is 8.85 Å². The maximum atomic E-state index is 5.24. The molecule has 0 unspecified atom stereocenters. The first kappa shape index (κ1) is 13.7. The number of rotatable bonds is 4. The van der Waals surface area contributed by atoms with Gasteiger partial charge in [0.1, 0.15) is 0 Å². The Balaban J connectivity index is 0. The van der Waals surface area contributed by atoms with Gasteiger partial charge >= 0.3 is 8.56 Å². The zero-order chi connectivity index (χ0) is 9.33. The molecule has 0 rings (SSSR count). The van der Waals surface area contributed by atoms with Gasteiger partial charge in [-0.05, 0) is 19.6 Å². The molecule has 0 aliphatic heterocycles. The zero-order valence-corrected chi connectivity index (χ0v) is 9.31. The average molecular weight is 179 g/mol. The van der Waals surface area contributed by atoms with E-state index in [-0.39, 0.29) is 0 Å². The van der Waals surface area contributed by atoms with Crippen molar-refractivity contribution in [3.63, 3.8) is 0 Å². The van der Waals surface area contributed by atoms with E-state index in [2.05, 4.69) is 19.2 Å². The van der Waals surface area contributed by atoms with Gasteiger partial charge in [0.05, 0.1) is 0 Å². The van der Waals surface area contributed by atoms with Crippen LogP contribution in [0.4, 0.5) is 0 Å². The molecule has 0 aromatic rings. The van der Waals surface area contributed by atoms with Crippen LogP contribution in [0.5, 0.6) is 0 Å². The Kier molecular flexibility index (Phi) is 10.2. The van der Waals surface area contributed by atoms with Crippen molar-refractivity contribution in [2.75, 3.05) is 21.3 Å². The highest BCUT2D eigenvalue weighted by Gasteiger charge is 2.26. The molecule has 2 N–H and O–H groups in total. The van der Waals surface area contributed by atoms with Gasteiger partial charge in [0.15, 0.2) is 0 Å². The Bertz CT molecular complexity index is 76.8. The van der Waals surface area contributed by atoms with Crippen LogP contribution in [0.15, 0.2) is 0 Å². The van der Waals surface area contributed by atoms with Crippen molar-refractivity contribution in [2.24, 2.45) is 5.73 Å². The first-order valence-electron chi connectivity index (χ1n) is 3.86. The summed E-state index contributed by atoms with van der Waals surface area (Å²) in [6.45, 7) is 4.22. The van der Waals surface area contributed by atoms with E-state index in [1.807, 2.05) is 0 Å². The Labute approximate surface area is 71.1 Å². The molecular weight excluding hydrogens is 158 g/mol. The van der Waals surface area contributed by atoms with E-state index in [0.717, 1.165) is 12.5 Å². The lowest BCUT2D eigenvalue weighted by molar-refractivity contribution is 0.249. The summed E-state index contributed by atoms with van der Waals surface area (Å²) >= 11 is 0. The third-order valence-corrected chi connectivity index (χ3v) is 4.70. The van der Waals surface area contributed by atoms with Crippen molar-refractivity contribution < 1.29 is 8.85 Å². The fraction of sp³-hybridized carbons (Fsp3) is 1.00. The van der Waals surface area contributed by atoms with Crippen LogP contribution in [-0.4, -0.2) is 29.8 Å². The van der Waals surface area contributed by atoms with Crippen molar-refractivity contribution in [3.05, 3.63) is 0 Å². The quantitative estimate of drug-likeness (QED) is 0.662. The molecule has 0 bridgehead atoms. The predicted octanol–water partition coefficient (Wildman–Crippen LogP) is 1.34. The minimum atomic E-state index is -1.70. The standard InChI is InChI=1S/C6H16O2Si.CH5N/c1-5-6-9(4,7-2)8-3;1-2/h5-6H2,1-4H3;2H2,1H3. The Morgan fingerprint density at radius 3 is 1.64 bits per heavy atom. The third-order valence-electron chi connectivity index (χ3n) is 1.57. The zero-order valence-electron chi connectivity index (χ0n) is 8.31. The summed E-state index contributed by atoms with van der Waals surface area (Å²) in [5, 5.41) is 0. The molecule has 0 aromatic carbocycles. The fourth-order valence-corrected chi connectivity index (χ4v) is 2.22. The Morgan fingerprint density at radius 1 is 1.18 bits per heavy atom. The lowest BCUT2D eigenvalue weighted by Gasteiger charge is -2.21. The largest absolute Gasteiger partial charge is 0.398 e. The van der Waals surface area contributed by atoms with E-state index in [9.17, 15) is 0 Å². The van der Waals surface area contributed by atoms with Crippen molar-refractivity contribution in [2.45, 2.75) is 25.9 Å². The molecule has 0 aromatic heterocycles. The van der Waals surface area contributed by atoms with Gasteiger partial charge in [0.2, 0.25) is 0 Å². The molecule has 0 heterocycles. The summed E-state index contributed by atoms with van der Waals surface area (Å²) in [4.78, 5) is 0. The molecule has 0 aliphatic carbocycles. The summed E-state index contributed by atoms with van der Waals surface area (Å²) in [7, 11) is 3.26. The van der Waals surface area contributed by atoms with Gasteiger partial charge in [-0.15, -0.1) is 0 Å². The molecule has 0 saturated carbocycles. The lowest BCUT2D eigenvalue weighted by atomic mass is 10.6. The third kappa shape index (κ3) is 6.49. The first-order chi connectivity index (χ1) is 5.18. The highest BCUT2D eigenvalue weighted by Crippen LogP contribution is 2.12. The van der Waals surface area contributed by atoms with Crippen molar-refractivity contribution in [1.29, 1.82) is 0 Å². The Hall–Kier alpha value is 0.0969. The summed E-state index contributed by atoms with van der Waals surface area (Å²) in [6.07, 6.45) is 1.14. The molecule has 0 atom stereocenters. The van der Waals surface area contributed by atoms with Crippen molar-refractivity contribution in [3.8, 4) is 0 Å². The normalized spacial score (nSPS) is 10.4. The Morgan fingerprint density at radius 2 is 1.55 bits per heavy atom. The van der Waals surface area contributed by atoms with Crippen LogP contribution >= 0.6 is 0 Å². The van der Waals surface area contributed by atoms with Crippen LogP contribution in [0.2, 0.25) is 12.6 Å². The van der Waals surface area contributed by atoms with Gasteiger partial charge < -0.3 is 14.6 Å².